The highest BCUT2D eigenvalue weighted by Gasteiger charge is 2.36. The molecule has 1 fully saturated rings. The topological polar surface area (TPSA) is 94.2 Å². The average molecular weight is 463 g/mol. The second kappa shape index (κ2) is 7.46. The van der Waals surface area contributed by atoms with E-state index in [-0.39, 0.29) is 22.2 Å². The summed E-state index contributed by atoms with van der Waals surface area (Å²) in [6, 6.07) is 6.48. The molecule has 2 aliphatic rings. The van der Waals surface area contributed by atoms with Crippen LogP contribution < -0.4 is 10.2 Å². The van der Waals surface area contributed by atoms with Crippen LogP contribution in [-0.4, -0.2) is 64.9 Å². The van der Waals surface area contributed by atoms with Gasteiger partial charge in [-0.3, -0.25) is 14.9 Å². The lowest BCUT2D eigenvalue weighted by Gasteiger charge is -2.32. The van der Waals surface area contributed by atoms with E-state index in [9.17, 15) is 9.59 Å². The smallest absolute Gasteiger partial charge is 0.261 e. The Bertz CT molecular complexity index is 1480. The summed E-state index contributed by atoms with van der Waals surface area (Å²) in [7, 11) is 2.05. The molecule has 33 heavy (non-hydrogen) atoms. The Morgan fingerprint density at radius 2 is 1.82 bits per heavy atom. The van der Waals surface area contributed by atoms with Crippen molar-refractivity contribution in [1.29, 1.82) is 0 Å². The molecule has 0 spiro atoms. The Labute approximate surface area is 191 Å². The van der Waals surface area contributed by atoms with Gasteiger partial charge in [-0.05, 0) is 30.6 Å². The number of piperazine rings is 1. The van der Waals surface area contributed by atoms with Gasteiger partial charge in [0, 0.05) is 43.3 Å². The van der Waals surface area contributed by atoms with E-state index in [1.54, 1.807) is 18.3 Å². The van der Waals surface area contributed by atoms with E-state index in [0.717, 1.165) is 23.3 Å². The number of hydrogen-bond donors (Lipinski definition) is 2. The van der Waals surface area contributed by atoms with Gasteiger partial charge in [0.1, 0.15) is 10.6 Å². The molecule has 0 bridgehead atoms. The van der Waals surface area contributed by atoms with Crippen LogP contribution in [0.3, 0.4) is 0 Å². The van der Waals surface area contributed by atoms with Crippen LogP contribution >= 0.6 is 11.3 Å². The number of aromatic amines is 1. The number of hydrogen-bond acceptors (Lipinski definition) is 7. The molecule has 166 valence electrons. The van der Waals surface area contributed by atoms with Crippen molar-refractivity contribution in [3.8, 4) is 0 Å². The van der Waals surface area contributed by atoms with Gasteiger partial charge in [0.2, 0.25) is 5.95 Å². The number of imide groups is 1. The number of thiophene rings is 1. The monoisotopic (exact) mass is 462 g/mol. The Morgan fingerprint density at radius 3 is 2.64 bits per heavy atom. The molecule has 4 aromatic rings. The first-order valence-corrected chi connectivity index (χ1v) is 11.4. The quantitative estimate of drug-likeness (QED) is 0.455. The van der Waals surface area contributed by atoms with Crippen LogP contribution in [0.25, 0.3) is 32.3 Å². The lowest BCUT2D eigenvalue weighted by atomic mass is 9.97. The maximum Gasteiger partial charge on any atom is 0.261 e. The highest BCUT2D eigenvalue weighted by atomic mass is 32.1. The third-order valence-corrected chi connectivity index (χ3v) is 7.03. The van der Waals surface area contributed by atoms with Crippen LogP contribution in [0.2, 0.25) is 0 Å². The van der Waals surface area contributed by atoms with Gasteiger partial charge in [0.05, 0.1) is 27.7 Å². The Balaban J connectivity index is 1.63. The standard InChI is InChI=1S/C23H19FN6O2S/c1-29-6-8-30(9-7-29)23-26-15-4-2-3-14(24)17(15)19(27-23)18-16(20(31)28-21(18)32)13-11-25-22-12(13)5-10-33-22/h2-5,10-11,25H,6-9H2,1H3,(H,28,31,32). The zero-order chi connectivity index (χ0) is 22.7. The van der Waals surface area contributed by atoms with Gasteiger partial charge in [0.25, 0.3) is 11.8 Å². The number of carbonyl (C=O) groups excluding carboxylic acids is 2. The van der Waals surface area contributed by atoms with E-state index in [1.165, 1.54) is 17.4 Å². The number of nitrogens with one attached hydrogen (secondary N) is 2. The molecule has 0 aliphatic carbocycles. The largest absolute Gasteiger partial charge is 0.352 e. The van der Waals surface area contributed by atoms with Crippen LogP contribution in [0.5, 0.6) is 0 Å². The number of anilines is 1. The number of halogens is 1. The SMILES string of the molecule is CN1CCN(c2nc(C3=C(c4c[nH]c5sccc45)C(=O)NC3=O)c3c(F)cccc3n2)CC1. The second-order valence-corrected chi connectivity index (χ2v) is 9.11. The van der Waals surface area contributed by atoms with Crippen molar-refractivity contribution in [3.63, 3.8) is 0 Å². The van der Waals surface area contributed by atoms with Crippen LogP contribution in [-0.2, 0) is 9.59 Å². The number of rotatable bonds is 3. The summed E-state index contributed by atoms with van der Waals surface area (Å²) in [5.41, 5.74) is 1.38. The summed E-state index contributed by atoms with van der Waals surface area (Å²) >= 11 is 1.50. The molecule has 2 N–H and O–H groups in total. The highest BCUT2D eigenvalue weighted by Crippen LogP contribution is 2.38. The fourth-order valence-corrected chi connectivity index (χ4v) is 5.22. The molecule has 8 nitrogen and oxygen atoms in total. The number of amides is 2. The molecule has 2 amide bonds. The van der Waals surface area contributed by atoms with Crippen molar-refractivity contribution in [1.82, 2.24) is 25.2 Å². The molecule has 3 aromatic heterocycles. The van der Waals surface area contributed by atoms with Crippen LogP contribution in [0.15, 0.2) is 35.8 Å². The van der Waals surface area contributed by atoms with Gasteiger partial charge in [-0.15, -0.1) is 11.3 Å². The molecular formula is C23H19FN6O2S. The predicted molar refractivity (Wildman–Crippen MR) is 125 cm³/mol. The molecule has 10 heteroatoms. The Hall–Kier alpha value is -3.63. The number of likely N-dealkylation sites (N-methyl/N-ethyl adjacent to an activating group) is 1. The summed E-state index contributed by atoms with van der Waals surface area (Å²) in [6.07, 6.45) is 1.70. The average Bonchev–Trinajstić information content (AvgIpc) is 3.48. The summed E-state index contributed by atoms with van der Waals surface area (Å²) in [4.78, 5) is 43.5. The van der Waals surface area contributed by atoms with Crippen molar-refractivity contribution >= 4 is 61.4 Å². The van der Waals surface area contributed by atoms with Gasteiger partial charge in [-0.2, -0.15) is 0 Å². The fourth-order valence-electron chi connectivity index (χ4n) is 4.45. The minimum Gasteiger partial charge on any atom is -0.352 e. The Kier molecular flexibility index (Phi) is 4.52. The maximum absolute atomic E-state index is 15.1. The number of aromatic nitrogens is 3. The molecule has 0 saturated carbocycles. The first-order chi connectivity index (χ1) is 16.0. The molecule has 1 aromatic carbocycles. The molecule has 6 rings (SSSR count). The van der Waals surface area contributed by atoms with E-state index >= 15 is 4.39 Å². The summed E-state index contributed by atoms with van der Waals surface area (Å²) in [5.74, 6) is -1.23. The highest BCUT2D eigenvalue weighted by molar-refractivity contribution is 7.16. The predicted octanol–water partition coefficient (Wildman–Crippen LogP) is 2.63. The Morgan fingerprint density at radius 1 is 1.03 bits per heavy atom. The second-order valence-electron chi connectivity index (χ2n) is 8.20. The van der Waals surface area contributed by atoms with Crippen LogP contribution in [0.4, 0.5) is 10.3 Å². The molecule has 1 saturated heterocycles. The van der Waals surface area contributed by atoms with E-state index < -0.39 is 17.6 Å². The molecule has 2 aliphatic heterocycles. The van der Waals surface area contributed by atoms with Gasteiger partial charge in [0.15, 0.2) is 0 Å². The van der Waals surface area contributed by atoms with E-state index in [0.29, 0.717) is 30.1 Å². The van der Waals surface area contributed by atoms with Gasteiger partial charge in [-0.25, -0.2) is 14.4 Å². The van der Waals surface area contributed by atoms with Crippen molar-refractivity contribution < 1.29 is 14.0 Å². The number of carbonyl (C=O) groups is 2. The molecular weight excluding hydrogens is 443 g/mol. The molecule has 5 heterocycles. The summed E-state index contributed by atoms with van der Waals surface area (Å²) < 4.78 is 15.1. The third kappa shape index (κ3) is 3.13. The third-order valence-electron chi connectivity index (χ3n) is 6.19. The fraction of sp³-hybridized carbons (Fsp3) is 0.217. The van der Waals surface area contributed by atoms with Crippen molar-refractivity contribution in [2.45, 2.75) is 0 Å². The van der Waals surface area contributed by atoms with Crippen molar-refractivity contribution in [2.24, 2.45) is 0 Å². The van der Waals surface area contributed by atoms with E-state index in [4.69, 9.17) is 0 Å². The van der Waals surface area contributed by atoms with Crippen molar-refractivity contribution in [3.05, 3.63) is 52.9 Å². The van der Waals surface area contributed by atoms with Crippen LogP contribution in [0.1, 0.15) is 11.3 Å². The summed E-state index contributed by atoms with van der Waals surface area (Å²) in [5, 5.41) is 5.25. The van der Waals surface area contributed by atoms with Crippen molar-refractivity contribution in [2.75, 3.05) is 38.1 Å². The van der Waals surface area contributed by atoms with Gasteiger partial charge in [-0.1, -0.05) is 6.07 Å². The van der Waals surface area contributed by atoms with E-state index in [1.807, 2.05) is 23.4 Å². The van der Waals surface area contributed by atoms with Crippen LogP contribution in [0, 0.1) is 5.82 Å². The molecule has 0 unspecified atom stereocenters. The lowest BCUT2D eigenvalue weighted by Crippen LogP contribution is -2.45. The lowest BCUT2D eigenvalue weighted by molar-refractivity contribution is -0.122. The first kappa shape index (κ1) is 20.0. The zero-order valence-electron chi connectivity index (χ0n) is 17.7. The normalized spacial score (nSPS) is 17.6. The van der Waals surface area contributed by atoms with E-state index in [2.05, 4.69) is 25.2 Å². The van der Waals surface area contributed by atoms with Gasteiger partial charge >= 0.3 is 0 Å². The number of nitrogens with zero attached hydrogens (tertiary/aromatic N) is 4. The summed E-state index contributed by atoms with van der Waals surface area (Å²) in [6.45, 7) is 3.10. The first-order valence-electron chi connectivity index (χ1n) is 10.6. The number of benzene rings is 1. The number of H-pyrrole nitrogens is 1. The molecule has 0 atom stereocenters. The number of fused-ring (bicyclic) bond motifs is 2. The van der Waals surface area contributed by atoms with Gasteiger partial charge < -0.3 is 14.8 Å². The molecule has 0 radical (unpaired) electrons. The minimum atomic E-state index is -0.591. The maximum atomic E-state index is 15.1. The minimum absolute atomic E-state index is 0.0694. The zero-order valence-corrected chi connectivity index (χ0v) is 18.5.